The van der Waals surface area contributed by atoms with Crippen LogP contribution in [0.2, 0.25) is 0 Å². The van der Waals surface area contributed by atoms with E-state index in [1.165, 1.54) is 0 Å². The van der Waals surface area contributed by atoms with Gasteiger partial charge in [0.2, 0.25) is 5.91 Å². The lowest BCUT2D eigenvalue weighted by molar-refractivity contribution is -0.201. The van der Waals surface area contributed by atoms with Crippen LogP contribution in [0.5, 0.6) is 0 Å². The number of amides is 1. The second-order valence-corrected chi connectivity index (χ2v) is 4.60. The first-order valence-corrected chi connectivity index (χ1v) is 5.51. The van der Waals surface area contributed by atoms with Gasteiger partial charge in [-0.3, -0.25) is 4.79 Å². The molecule has 100 valence electrons. The van der Waals surface area contributed by atoms with Crippen molar-refractivity contribution < 1.29 is 23.1 Å². The molecule has 0 spiro atoms. The summed E-state index contributed by atoms with van der Waals surface area (Å²) in [5.74, 6) is -0.488. The van der Waals surface area contributed by atoms with Gasteiger partial charge in [0.1, 0.15) is 0 Å². The van der Waals surface area contributed by atoms with E-state index < -0.39 is 24.7 Å². The van der Waals surface area contributed by atoms with E-state index in [1.54, 1.807) is 0 Å². The predicted octanol–water partition coefficient (Wildman–Crippen LogP) is 0.545. The first-order chi connectivity index (χ1) is 7.79. The number of alkyl halides is 3. The van der Waals surface area contributed by atoms with E-state index in [0.29, 0.717) is 6.54 Å². The third-order valence-corrected chi connectivity index (χ3v) is 3.25. The molecular weight excluding hydrogens is 237 g/mol. The summed E-state index contributed by atoms with van der Waals surface area (Å²) >= 11 is 0. The molecule has 7 heteroatoms. The Morgan fingerprint density at radius 3 is 2.41 bits per heavy atom. The van der Waals surface area contributed by atoms with Crippen molar-refractivity contribution in [2.24, 2.45) is 11.1 Å². The van der Waals surface area contributed by atoms with E-state index in [9.17, 15) is 18.0 Å². The van der Waals surface area contributed by atoms with Gasteiger partial charge in [-0.2, -0.15) is 13.2 Å². The summed E-state index contributed by atoms with van der Waals surface area (Å²) in [5.41, 5.74) is 5.29. The fourth-order valence-corrected chi connectivity index (χ4v) is 1.86. The molecule has 1 unspecified atom stereocenters. The highest BCUT2D eigenvalue weighted by Gasteiger charge is 2.40. The Labute approximate surface area is 97.4 Å². The summed E-state index contributed by atoms with van der Waals surface area (Å²) in [4.78, 5) is 11.4. The van der Waals surface area contributed by atoms with Crippen molar-refractivity contribution in [2.45, 2.75) is 38.0 Å². The van der Waals surface area contributed by atoms with Gasteiger partial charge in [-0.1, -0.05) is 6.42 Å². The molecule has 4 nitrogen and oxygen atoms in total. The molecule has 0 bridgehead atoms. The number of hydrogen-bond acceptors (Lipinski definition) is 3. The van der Waals surface area contributed by atoms with Crippen molar-refractivity contribution >= 4 is 5.91 Å². The highest BCUT2D eigenvalue weighted by molar-refractivity contribution is 5.76. The maximum Gasteiger partial charge on any atom is 0.416 e. The van der Waals surface area contributed by atoms with Gasteiger partial charge in [-0.25, -0.2) is 0 Å². The zero-order valence-electron chi connectivity index (χ0n) is 9.39. The maximum atomic E-state index is 12.0. The van der Waals surface area contributed by atoms with Crippen molar-refractivity contribution in [3.8, 4) is 0 Å². The number of aliphatic hydroxyl groups excluding tert-OH is 1. The maximum absolute atomic E-state index is 12.0. The Hall–Kier alpha value is -0.820. The SMILES string of the molecule is NCC1(CC(=O)NCC(O)C(F)(F)F)CCC1. The molecule has 0 saturated heterocycles. The van der Waals surface area contributed by atoms with Gasteiger partial charge in [0.25, 0.3) is 0 Å². The van der Waals surface area contributed by atoms with Crippen LogP contribution < -0.4 is 11.1 Å². The first kappa shape index (κ1) is 14.2. The van der Waals surface area contributed by atoms with E-state index in [-0.39, 0.29) is 11.8 Å². The molecule has 1 saturated carbocycles. The highest BCUT2D eigenvalue weighted by Crippen LogP contribution is 2.42. The molecule has 0 heterocycles. The Morgan fingerprint density at radius 2 is 2.06 bits per heavy atom. The van der Waals surface area contributed by atoms with Crippen molar-refractivity contribution in [3.63, 3.8) is 0 Å². The van der Waals surface area contributed by atoms with Gasteiger partial charge >= 0.3 is 6.18 Å². The summed E-state index contributed by atoms with van der Waals surface area (Å²) in [6.07, 6.45) is -4.42. The van der Waals surface area contributed by atoms with Gasteiger partial charge in [0.15, 0.2) is 6.10 Å². The zero-order valence-corrected chi connectivity index (χ0v) is 9.39. The number of nitrogens with two attached hydrogens (primary N) is 1. The number of carbonyl (C=O) groups excluding carboxylic acids is 1. The molecule has 1 amide bonds. The van der Waals surface area contributed by atoms with E-state index in [2.05, 4.69) is 5.32 Å². The molecule has 1 rings (SSSR count). The lowest BCUT2D eigenvalue weighted by Gasteiger charge is -2.40. The van der Waals surface area contributed by atoms with Gasteiger partial charge < -0.3 is 16.2 Å². The molecule has 17 heavy (non-hydrogen) atoms. The van der Waals surface area contributed by atoms with Crippen LogP contribution >= 0.6 is 0 Å². The molecule has 1 aliphatic carbocycles. The molecule has 1 atom stereocenters. The van der Waals surface area contributed by atoms with E-state index >= 15 is 0 Å². The van der Waals surface area contributed by atoms with Crippen molar-refractivity contribution in [1.82, 2.24) is 5.32 Å². The second kappa shape index (κ2) is 5.22. The minimum atomic E-state index is -4.70. The van der Waals surface area contributed by atoms with E-state index in [0.717, 1.165) is 19.3 Å². The van der Waals surface area contributed by atoms with Gasteiger partial charge in [-0.05, 0) is 24.8 Å². The van der Waals surface area contributed by atoms with Gasteiger partial charge in [0.05, 0.1) is 6.54 Å². The number of aliphatic hydroxyl groups is 1. The topological polar surface area (TPSA) is 75.4 Å². The number of rotatable bonds is 5. The third kappa shape index (κ3) is 3.85. The third-order valence-electron chi connectivity index (χ3n) is 3.25. The predicted molar refractivity (Wildman–Crippen MR) is 55.0 cm³/mol. The summed E-state index contributed by atoms with van der Waals surface area (Å²) in [6, 6.07) is 0. The number of halogens is 3. The van der Waals surface area contributed by atoms with Gasteiger partial charge in [0, 0.05) is 6.42 Å². The quantitative estimate of drug-likeness (QED) is 0.670. The van der Waals surface area contributed by atoms with Crippen LogP contribution in [0.1, 0.15) is 25.7 Å². The molecular formula is C10H17F3N2O2. The Balaban J connectivity index is 2.31. The molecule has 0 aromatic rings. The zero-order chi connectivity index (χ0) is 13.1. The fraction of sp³-hybridized carbons (Fsp3) is 0.900. The van der Waals surface area contributed by atoms with Crippen molar-refractivity contribution in [2.75, 3.05) is 13.1 Å². The van der Waals surface area contributed by atoms with Crippen LogP contribution in [0, 0.1) is 5.41 Å². The molecule has 4 N–H and O–H groups in total. The van der Waals surface area contributed by atoms with Crippen LogP contribution in [-0.4, -0.2) is 36.4 Å². The van der Waals surface area contributed by atoms with Crippen molar-refractivity contribution in [1.29, 1.82) is 0 Å². The molecule has 0 aromatic heterocycles. The van der Waals surface area contributed by atoms with E-state index in [1.807, 2.05) is 0 Å². The summed E-state index contributed by atoms with van der Waals surface area (Å²) < 4.78 is 35.9. The average molecular weight is 254 g/mol. The second-order valence-electron chi connectivity index (χ2n) is 4.60. The van der Waals surface area contributed by atoms with E-state index in [4.69, 9.17) is 10.8 Å². The summed E-state index contributed by atoms with van der Waals surface area (Å²) in [5, 5.41) is 10.8. The van der Waals surface area contributed by atoms with Crippen LogP contribution in [0.15, 0.2) is 0 Å². The van der Waals surface area contributed by atoms with Crippen LogP contribution in [0.3, 0.4) is 0 Å². The minimum Gasteiger partial charge on any atom is -0.382 e. The lowest BCUT2D eigenvalue weighted by Crippen LogP contribution is -2.45. The molecule has 0 aliphatic heterocycles. The average Bonchev–Trinajstić information content (AvgIpc) is 2.18. The molecule has 1 aliphatic rings. The lowest BCUT2D eigenvalue weighted by atomic mass is 9.66. The number of hydrogen-bond donors (Lipinski definition) is 3. The highest BCUT2D eigenvalue weighted by atomic mass is 19.4. The Bertz CT molecular complexity index is 272. The van der Waals surface area contributed by atoms with Gasteiger partial charge in [-0.15, -0.1) is 0 Å². The monoisotopic (exact) mass is 254 g/mol. The summed E-state index contributed by atoms with van der Waals surface area (Å²) in [7, 11) is 0. The Morgan fingerprint density at radius 1 is 1.47 bits per heavy atom. The standard InChI is InChI=1S/C10H17F3N2O2/c11-10(12,13)7(16)5-15-8(17)4-9(6-14)2-1-3-9/h7,16H,1-6,14H2,(H,15,17). The van der Waals surface area contributed by atoms with Crippen LogP contribution in [0.25, 0.3) is 0 Å². The van der Waals surface area contributed by atoms with Crippen LogP contribution in [0.4, 0.5) is 13.2 Å². The Kier molecular flexibility index (Phi) is 4.37. The van der Waals surface area contributed by atoms with Crippen LogP contribution in [-0.2, 0) is 4.79 Å². The fourth-order valence-electron chi connectivity index (χ4n) is 1.86. The largest absolute Gasteiger partial charge is 0.416 e. The molecule has 1 fully saturated rings. The minimum absolute atomic E-state index is 0.133. The summed E-state index contributed by atoms with van der Waals surface area (Å²) in [6.45, 7) is -0.439. The molecule has 0 aromatic carbocycles. The normalized spacial score (nSPS) is 20.5. The van der Waals surface area contributed by atoms with Crippen molar-refractivity contribution in [3.05, 3.63) is 0 Å². The first-order valence-electron chi connectivity index (χ1n) is 5.51. The molecule has 0 radical (unpaired) electrons. The number of nitrogens with one attached hydrogen (secondary N) is 1. The smallest absolute Gasteiger partial charge is 0.382 e. The number of carbonyl (C=O) groups is 1.